The van der Waals surface area contributed by atoms with Crippen LogP contribution in [0.3, 0.4) is 0 Å². The molecule has 0 spiro atoms. The van der Waals surface area contributed by atoms with Crippen LogP contribution in [0, 0.1) is 8.99 Å². The Bertz CT molecular complexity index is 565. The molecule has 4 nitrogen and oxygen atoms in total. The number of carbonyl (C=O) groups is 1. The van der Waals surface area contributed by atoms with Gasteiger partial charge in [0.15, 0.2) is 0 Å². The normalized spacial score (nSPS) is 22.6. The maximum atomic E-state index is 11.7. The zero-order chi connectivity index (χ0) is 15.3. The Balaban J connectivity index is 2.79. The Labute approximate surface area is 132 Å². The van der Waals surface area contributed by atoms with Crippen LogP contribution in [0.1, 0.15) is 38.8 Å². The van der Waals surface area contributed by atoms with Crippen LogP contribution < -0.4 is 0 Å². The number of phenolic OH excluding ortho intramolecular Hbond substituents is 1. The van der Waals surface area contributed by atoms with Crippen LogP contribution in [-0.4, -0.2) is 27.8 Å². The Morgan fingerprint density at radius 2 is 2.00 bits per heavy atom. The molecule has 2 N–H and O–H groups in total. The van der Waals surface area contributed by atoms with E-state index in [4.69, 9.17) is 0 Å². The van der Waals surface area contributed by atoms with Gasteiger partial charge in [-0.2, -0.15) is 0 Å². The molecule has 0 bridgehead atoms. The molecule has 1 aliphatic rings. The summed E-state index contributed by atoms with van der Waals surface area (Å²) in [4.78, 5) is 13.2. The largest absolute Gasteiger partial charge is 0.507 e. The molecular formula is C15H20INO3. The van der Waals surface area contributed by atoms with Crippen LogP contribution in [0.15, 0.2) is 12.1 Å². The third-order valence-corrected chi connectivity index (χ3v) is 5.62. The van der Waals surface area contributed by atoms with Gasteiger partial charge < -0.3 is 10.2 Å². The van der Waals surface area contributed by atoms with E-state index in [0.717, 1.165) is 14.7 Å². The van der Waals surface area contributed by atoms with Gasteiger partial charge in [-0.3, -0.25) is 4.90 Å². The topological polar surface area (TPSA) is 60.8 Å². The minimum atomic E-state index is -0.910. The van der Waals surface area contributed by atoms with Crippen molar-refractivity contribution in [2.24, 2.45) is 5.41 Å². The summed E-state index contributed by atoms with van der Waals surface area (Å²) in [7, 11) is 0. The maximum absolute atomic E-state index is 11.7. The van der Waals surface area contributed by atoms with Crippen LogP contribution >= 0.6 is 22.6 Å². The minimum absolute atomic E-state index is 0.215. The van der Waals surface area contributed by atoms with Gasteiger partial charge in [0, 0.05) is 6.54 Å². The summed E-state index contributed by atoms with van der Waals surface area (Å²) in [6.07, 6.45) is -0.226. The minimum Gasteiger partial charge on any atom is -0.507 e. The smallest absolute Gasteiger partial charge is 0.408 e. The molecule has 1 unspecified atom stereocenters. The molecule has 1 aromatic rings. The first kappa shape index (κ1) is 15.4. The van der Waals surface area contributed by atoms with Crippen LogP contribution in [0.5, 0.6) is 5.75 Å². The lowest BCUT2D eigenvalue weighted by atomic mass is 9.66. The van der Waals surface area contributed by atoms with Crippen molar-refractivity contribution in [1.82, 2.24) is 4.90 Å². The van der Waals surface area contributed by atoms with Gasteiger partial charge in [-0.25, -0.2) is 4.79 Å². The number of fused-ring (bicyclic) bond motifs is 1. The summed E-state index contributed by atoms with van der Waals surface area (Å²) in [6, 6.07) is 3.61. The number of amides is 1. The van der Waals surface area contributed by atoms with Gasteiger partial charge in [-0.1, -0.05) is 26.8 Å². The number of aromatic hydroxyl groups is 1. The quantitative estimate of drug-likeness (QED) is 0.664. The SMILES string of the molecule is CC(C)(C)C1(C)c2c(ccc(O)c2I)CCN1C(=O)O. The fraction of sp³-hybridized carbons (Fsp3) is 0.533. The molecule has 5 heteroatoms. The predicted molar refractivity (Wildman–Crippen MR) is 86.1 cm³/mol. The van der Waals surface area contributed by atoms with Crippen molar-refractivity contribution < 1.29 is 15.0 Å². The zero-order valence-electron chi connectivity index (χ0n) is 12.2. The standard InChI is InChI=1S/C15H20INO3/c1-14(2,3)15(4)11-9(5-6-10(18)12(11)16)7-8-17(15)13(19)20/h5-6,18H,7-8H2,1-4H3,(H,19,20). The second-order valence-electron chi connectivity index (χ2n) is 6.44. The van der Waals surface area contributed by atoms with Gasteiger partial charge in [-0.05, 0) is 58.5 Å². The molecule has 1 atom stereocenters. The number of halogens is 1. The number of phenols is 1. The highest BCUT2D eigenvalue weighted by Gasteiger charge is 2.50. The monoisotopic (exact) mass is 389 g/mol. The Morgan fingerprint density at radius 3 is 2.50 bits per heavy atom. The molecule has 2 rings (SSSR count). The highest BCUT2D eigenvalue weighted by atomic mass is 127. The van der Waals surface area contributed by atoms with E-state index in [-0.39, 0.29) is 11.2 Å². The van der Waals surface area contributed by atoms with E-state index >= 15 is 0 Å². The van der Waals surface area contributed by atoms with Gasteiger partial charge >= 0.3 is 6.09 Å². The fourth-order valence-corrected chi connectivity index (χ4v) is 4.05. The third kappa shape index (κ3) is 2.06. The predicted octanol–water partition coefficient (Wildman–Crippen LogP) is 3.79. The number of hydrogen-bond donors (Lipinski definition) is 2. The highest BCUT2D eigenvalue weighted by molar-refractivity contribution is 14.1. The molecule has 110 valence electrons. The second kappa shape index (κ2) is 4.79. The lowest BCUT2D eigenvalue weighted by Crippen LogP contribution is -2.58. The van der Waals surface area contributed by atoms with Crippen molar-refractivity contribution in [1.29, 1.82) is 0 Å². The van der Waals surface area contributed by atoms with Crippen molar-refractivity contribution in [2.75, 3.05) is 6.54 Å². The van der Waals surface area contributed by atoms with Gasteiger partial charge in [0.2, 0.25) is 0 Å². The molecule has 0 aliphatic carbocycles. The molecule has 0 aromatic heterocycles. The van der Waals surface area contributed by atoms with Crippen molar-refractivity contribution in [3.05, 3.63) is 26.8 Å². The van der Waals surface area contributed by atoms with E-state index in [2.05, 4.69) is 22.6 Å². The lowest BCUT2D eigenvalue weighted by Gasteiger charge is -2.52. The summed E-state index contributed by atoms with van der Waals surface area (Å²) in [5, 5.41) is 19.6. The molecule has 0 saturated carbocycles. The Kier molecular flexibility index (Phi) is 3.69. The molecule has 1 aromatic carbocycles. The van der Waals surface area contributed by atoms with Gasteiger partial charge in [-0.15, -0.1) is 0 Å². The number of carboxylic acid groups (broad SMARTS) is 1. The Morgan fingerprint density at radius 1 is 1.40 bits per heavy atom. The zero-order valence-corrected chi connectivity index (χ0v) is 14.4. The summed E-state index contributed by atoms with van der Waals surface area (Å²) >= 11 is 2.12. The second-order valence-corrected chi connectivity index (χ2v) is 7.52. The van der Waals surface area contributed by atoms with Crippen molar-refractivity contribution in [3.63, 3.8) is 0 Å². The molecule has 20 heavy (non-hydrogen) atoms. The summed E-state index contributed by atoms with van der Waals surface area (Å²) < 4.78 is 0.753. The van der Waals surface area contributed by atoms with Crippen LogP contribution in [0.4, 0.5) is 4.79 Å². The maximum Gasteiger partial charge on any atom is 0.408 e. The van der Waals surface area contributed by atoms with E-state index in [9.17, 15) is 15.0 Å². The van der Waals surface area contributed by atoms with Crippen LogP contribution in [0.2, 0.25) is 0 Å². The number of hydrogen-bond acceptors (Lipinski definition) is 2. The van der Waals surface area contributed by atoms with Crippen molar-refractivity contribution >= 4 is 28.7 Å². The molecule has 1 amide bonds. The third-order valence-electron chi connectivity index (χ3n) is 4.53. The summed E-state index contributed by atoms with van der Waals surface area (Å²) in [5.74, 6) is 0.215. The molecule has 0 saturated heterocycles. The number of benzene rings is 1. The lowest BCUT2D eigenvalue weighted by molar-refractivity contribution is 0.00293. The van der Waals surface area contributed by atoms with Crippen molar-refractivity contribution in [2.45, 2.75) is 39.7 Å². The van der Waals surface area contributed by atoms with Gasteiger partial charge in [0.1, 0.15) is 5.75 Å². The number of nitrogens with zero attached hydrogens (tertiary/aromatic N) is 1. The average molecular weight is 389 g/mol. The van der Waals surface area contributed by atoms with Crippen LogP contribution in [-0.2, 0) is 12.0 Å². The van der Waals surface area contributed by atoms with E-state index in [1.165, 1.54) is 4.90 Å². The van der Waals surface area contributed by atoms with Gasteiger partial charge in [0.25, 0.3) is 0 Å². The highest BCUT2D eigenvalue weighted by Crippen LogP contribution is 2.50. The summed E-state index contributed by atoms with van der Waals surface area (Å²) in [6.45, 7) is 8.56. The molecule has 0 radical (unpaired) electrons. The molecule has 1 heterocycles. The van der Waals surface area contributed by atoms with E-state index in [1.807, 2.05) is 33.8 Å². The first-order valence-corrected chi connectivity index (χ1v) is 7.70. The van der Waals surface area contributed by atoms with Gasteiger partial charge in [0.05, 0.1) is 9.11 Å². The van der Waals surface area contributed by atoms with E-state index < -0.39 is 11.6 Å². The molecule has 0 fully saturated rings. The number of rotatable bonds is 0. The van der Waals surface area contributed by atoms with E-state index in [1.54, 1.807) is 6.07 Å². The fourth-order valence-electron chi connectivity index (χ4n) is 3.00. The van der Waals surface area contributed by atoms with Crippen LogP contribution in [0.25, 0.3) is 0 Å². The average Bonchev–Trinajstić information content (AvgIpc) is 2.32. The van der Waals surface area contributed by atoms with E-state index in [0.29, 0.717) is 13.0 Å². The molecular weight excluding hydrogens is 369 g/mol. The molecule has 1 aliphatic heterocycles. The summed E-state index contributed by atoms with van der Waals surface area (Å²) in [5.41, 5.74) is 1.12. The Hall–Kier alpha value is -0.980. The first-order chi connectivity index (χ1) is 9.10. The first-order valence-electron chi connectivity index (χ1n) is 6.62. The van der Waals surface area contributed by atoms with Crippen molar-refractivity contribution in [3.8, 4) is 5.75 Å².